The molecule has 2 rings (SSSR count). The second-order valence-electron chi connectivity index (χ2n) is 4.57. The molecule has 0 aliphatic rings. The molecule has 0 aliphatic heterocycles. The summed E-state index contributed by atoms with van der Waals surface area (Å²) < 4.78 is 17.1. The molecular weight excluding hydrogens is 312 g/mol. The maximum absolute atomic E-state index is 12.2. The Hall–Kier alpha value is -1.66. The van der Waals surface area contributed by atoms with Gasteiger partial charge in [-0.15, -0.1) is 0 Å². The van der Waals surface area contributed by atoms with Crippen LogP contribution in [-0.4, -0.2) is 20.5 Å². The minimum Gasteiger partial charge on any atom is -0.360 e. The number of rotatable bonds is 5. The van der Waals surface area contributed by atoms with E-state index in [2.05, 4.69) is 10.5 Å². The number of aromatic nitrogens is 1. The number of carbonyl (C=O) groups excluding carboxylic acids is 1. The molecule has 21 heavy (non-hydrogen) atoms. The molecule has 0 aliphatic carbocycles. The fraction of sp³-hybridized carbons (Fsp3) is 0.286. The topological polar surface area (TPSA) is 72.2 Å². The summed E-state index contributed by atoms with van der Waals surface area (Å²) >= 11 is 6.03. The number of aryl methyl sites for hydroxylation is 1. The average Bonchev–Trinajstić information content (AvgIpc) is 2.85. The van der Waals surface area contributed by atoms with Gasteiger partial charge in [0, 0.05) is 21.9 Å². The van der Waals surface area contributed by atoms with Gasteiger partial charge in [0.2, 0.25) is 5.91 Å². The summed E-state index contributed by atoms with van der Waals surface area (Å²) in [6, 6.07) is 8.75. The van der Waals surface area contributed by atoms with Gasteiger partial charge in [0.05, 0.1) is 5.75 Å². The van der Waals surface area contributed by atoms with Crippen molar-refractivity contribution in [1.82, 2.24) is 5.16 Å². The first-order valence-electron chi connectivity index (χ1n) is 6.32. The van der Waals surface area contributed by atoms with Gasteiger partial charge in [-0.3, -0.25) is 9.00 Å². The zero-order chi connectivity index (χ0) is 15.4. The lowest BCUT2D eigenvalue weighted by Gasteiger charge is -2.11. The van der Waals surface area contributed by atoms with Crippen LogP contribution in [0.15, 0.2) is 34.9 Å². The molecular formula is C14H15ClN2O3S. The molecule has 1 aromatic heterocycles. The molecule has 7 heteroatoms. The highest BCUT2D eigenvalue weighted by atomic mass is 35.5. The lowest BCUT2D eigenvalue weighted by molar-refractivity contribution is -0.115. The largest absolute Gasteiger partial charge is 0.360 e. The summed E-state index contributed by atoms with van der Waals surface area (Å²) in [6.45, 7) is 3.33. The van der Waals surface area contributed by atoms with Gasteiger partial charge in [0.1, 0.15) is 11.0 Å². The molecule has 1 N–H and O–H groups in total. The van der Waals surface area contributed by atoms with E-state index in [9.17, 15) is 9.00 Å². The number of benzene rings is 1. The van der Waals surface area contributed by atoms with Crippen molar-refractivity contribution in [2.45, 2.75) is 24.9 Å². The predicted octanol–water partition coefficient (Wildman–Crippen LogP) is 2.91. The van der Waals surface area contributed by atoms with Gasteiger partial charge in [-0.1, -0.05) is 35.0 Å². The molecule has 5 nitrogen and oxygen atoms in total. The maximum atomic E-state index is 12.2. The van der Waals surface area contributed by atoms with Crippen LogP contribution in [0.1, 0.15) is 18.2 Å². The SMILES string of the molecule is Cc1cc(NC(=O)[C@@H](C)[S@@](=O)Cc2ccccc2Cl)no1. The van der Waals surface area contributed by atoms with Crippen LogP contribution in [0.5, 0.6) is 0 Å². The number of hydrogen-bond acceptors (Lipinski definition) is 4. The van der Waals surface area contributed by atoms with Crippen LogP contribution in [0.4, 0.5) is 5.82 Å². The van der Waals surface area contributed by atoms with E-state index in [0.717, 1.165) is 5.56 Å². The van der Waals surface area contributed by atoms with Crippen molar-refractivity contribution in [3.8, 4) is 0 Å². The second-order valence-corrected chi connectivity index (χ2v) is 6.74. The monoisotopic (exact) mass is 326 g/mol. The Morgan fingerprint density at radius 1 is 1.48 bits per heavy atom. The minimum absolute atomic E-state index is 0.228. The van der Waals surface area contributed by atoms with Crippen LogP contribution < -0.4 is 5.32 Å². The summed E-state index contributed by atoms with van der Waals surface area (Å²) in [5.41, 5.74) is 0.759. The van der Waals surface area contributed by atoms with Crippen molar-refractivity contribution in [1.29, 1.82) is 0 Å². The minimum atomic E-state index is -1.38. The van der Waals surface area contributed by atoms with E-state index in [4.69, 9.17) is 16.1 Å². The van der Waals surface area contributed by atoms with E-state index in [1.807, 2.05) is 6.07 Å². The molecule has 2 atom stereocenters. The highest BCUT2D eigenvalue weighted by molar-refractivity contribution is 7.85. The first-order chi connectivity index (χ1) is 9.97. The molecule has 0 saturated heterocycles. The number of halogens is 1. The molecule has 2 aromatic rings. The van der Waals surface area contributed by atoms with Gasteiger partial charge in [-0.2, -0.15) is 0 Å². The van der Waals surface area contributed by atoms with Crippen molar-refractivity contribution in [3.05, 3.63) is 46.7 Å². The normalized spacial score (nSPS) is 13.7. The first-order valence-corrected chi connectivity index (χ1v) is 8.08. The number of carbonyl (C=O) groups is 1. The Bertz CT molecular complexity index is 672. The third kappa shape index (κ3) is 4.15. The molecule has 1 heterocycles. The van der Waals surface area contributed by atoms with Gasteiger partial charge in [-0.05, 0) is 25.5 Å². The summed E-state index contributed by atoms with van der Waals surface area (Å²) in [5.74, 6) is 0.773. The highest BCUT2D eigenvalue weighted by Gasteiger charge is 2.21. The standard InChI is InChI=1S/C14H15ClN2O3S/c1-9-7-13(17-20-9)16-14(18)10(2)21(19)8-11-5-3-4-6-12(11)15/h3-7,10H,8H2,1-2H3,(H,16,17,18)/t10-,21+/m1/s1. The quantitative estimate of drug-likeness (QED) is 0.917. The predicted molar refractivity (Wildman–Crippen MR) is 82.6 cm³/mol. The van der Waals surface area contributed by atoms with Crippen molar-refractivity contribution in [2.75, 3.05) is 5.32 Å². The van der Waals surface area contributed by atoms with Crippen LogP contribution in [0, 0.1) is 6.92 Å². The van der Waals surface area contributed by atoms with Crippen molar-refractivity contribution in [2.24, 2.45) is 0 Å². The fourth-order valence-electron chi connectivity index (χ4n) is 1.67. The van der Waals surface area contributed by atoms with Crippen molar-refractivity contribution in [3.63, 3.8) is 0 Å². The average molecular weight is 327 g/mol. The first kappa shape index (κ1) is 15.7. The molecule has 112 valence electrons. The van der Waals surface area contributed by atoms with Crippen LogP contribution in [0.3, 0.4) is 0 Å². The number of hydrogen-bond donors (Lipinski definition) is 1. The Labute approximate surface area is 130 Å². The maximum Gasteiger partial charge on any atom is 0.241 e. The van der Waals surface area contributed by atoms with Crippen LogP contribution in [-0.2, 0) is 21.3 Å². The van der Waals surface area contributed by atoms with Crippen LogP contribution in [0.25, 0.3) is 0 Å². The Kier molecular flexibility index (Phi) is 5.14. The van der Waals surface area contributed by atoms with E-state index in [-0.39, 0.29) is 11.7 Å². The van der Waals surface area contributed by atoms with Crippen molar-refractivity contribution >= 4 is 34.1 Å². The molecule has 0 saturated carbocycles. The zero-order valence-corrected chi connectivity index (χ0v) is 13.2. The zero-order valence-electron chi connectivity index (χ0n) is 11.6. The molecule has 0 bridgehead atoms. The second kappa shape index (κ2) is 6.87. The summed E-state index contributed by atoms with van der Waals surface area (Å²) in [5, 5.41) is 6.11. The van der Waals surface area contributed by atoms with Gasteiger partial charge in [0.15, 0.2) is 5.82 Å². The Balaban J connectivity index is 1.98. The highest BCUT2D eigenvalue weighted by Crippen LogP contribution is 2.18. The van der Waals surface area contributed by atoms with E-state index in [1.54, 1.807) is 38.1 Å². The number of nitrogens with zero attached hydrogens (tertiary/aromatic N) is 1. The third-order valence-corrected chi connectivity index (χ3v) is 4.87. The summed E-state index contributed by atoms with van der Waals surface area (Å²) in [4.78, 5) is 12.0. The molecule has 0 unspecified atom stereocenters. The summed E-state index contributed by atoms with van der Waals surface area (Å²) in [7, 11) is -1.38. The molecule has 0 radical (unpaired) electrons. The number of anilines is 1. The van der Waals surface area contributed by atoms with Gasteiger partial charge < -0.3 is 9.84 Å². The molecule has 0 fully saturated rings. The third-order valence-electron chi connectivity index (χ3n) is 2.90. The van der Waals surface area contributed by atoms with Crippen LogP contribution in [0.2, 0.25) is 5.02 Å². The smallest absolute Gasteiger partial charge is 0.241 e. The number of amides is 1. The van der Waals surface area contributed by atoms with Gasteiger partial charge in [-0.25, -0.2) is 0 Å². The van der Waals surface area contributed by atoms with Crippen LogP contribution >= 0.6 is 11.6 Å². The number of nitrogens with one attached hydrogen (secondary N) is 1. The Morgan fingerprint density at radius 2 is 2.19 bits per heavy atom. The van der Waals surface area contributed by atoms with E-state index in [0.29, 0.717) is 16.6 Å². The summed E-state index contributed by atoms with van der Waals surface area (Å²) in [6.07, 6.45) is 0. The Morgan fingerprint density at radius 3 is 2.81 bits per heavy atom. The van der Waals surface area contributed by atoms with Gasteiger partial charge in [0.25, 0.3) is 0 Å². The van der Waals surface area contributed by atoms with E-state index < -0.39 is 16.0 Å². The fourth-order valence-corrected chi connectivity index (χ4v) is 3.05. The molecule has 0 spiro atoms. The van der Waals surface area contributed by atoms with Gasteiger partial charge >= 0.3 is 0 Å². The lowest BCUT2D eigenvalue weighted by atomic mass is 10.2. The van der Waals surface area contributed by atoms with E-state index in [1.165, 1.54) is 0 Å². The molecule has 1 aromatic carbocycles. The van der Waals surface area contributed by atoms with E-state index >= 15 is 0 Å². The van der Waals surface area contributed by atoms with Crippen molar-refractivity contribution < 1.29 is 13.5 Å². The molecule has 1 amide bonds. The lowest BCUT2D eigenvalue weighted by Crippen LogP contribution is -2.29.